The van der Waals surface area contributed by atoms with Gasteiger partial charge in [-0.15, -0.1) is 0 Å². The van der Waals surface area contributed by atoms with E-state index in [0.717, 1.165) is 28.9 Å². The first kappa shape index (κ1) is 16.3. The van der Waals surface area contributed by atoms with Crippen molar-refractivity contribution in [1.82, 2.24) is 15.1 Å². The van der Waals surface area contributed by atoms with Gasteiger partial charge in [-0.05, 0) is 30.4 Å². The van der Waals surface area contributed by atoms with E-state index in [0.29, 0.717) is 28.6 Å². The Bertz CT molecular complexity index is 877. The molecule has 25 heavy (non-hydrogen) atoms. The van der Waals surface area contributed by atoms with Gasteiger partial charge in [0.15, 0.2) is 0 Å². The number of benzene rings is 1. The summed E-state index contributed by atoms with van der Waals surface area (Å²) in [5.74, 6) is 2.10. The molecule has 0 radical (unpaired) electrons. The van der Waals surface area contributed by atoms with Crippen LogP contribution in [0.4, 0.5) is 5.82 Å². The van der Waals surface area contributed by atoms with Gasteiger partial charge in [0.1, 0.15) is 23.2 Å². The highest BCUT2D eigenvalue weighted by atomic mass is 35.5. The monoisotopic (exact) mass is 356 g/mol. The second kappa shape index (κ2) is 6.64. The van der Waals surface area contributed by atoms with E-state index < -0.39 is 0 Å². The van der Waals surface area contributed by atoms with Crippen molar-refractivity contribution >= 4 is 28.5 Å². The molecule has 6 heteroatoms. The van der Waals surface area contributed by atoms with Gasteiger partial charge in [0, 0.05) is 16.6 Å². The van der Waals surface area contributed by atoms with Crippen LogP contribution in [0.3, 0.4) is 0 Å². The number of rotatable bonds is 3. The molecule has 1 aliphatic rings. The van der Waals surface area contributed by atoms with E-state index in [1.807, 2.05) is 24.3 Å². The Kier molecular flexibility index (Phi) is 4.34. The Morgan fingerprint density at radius 2 is 1.92 bits per heavy atom. The summed E-state index contributed by atoms with van der Waals surface area (Å²) in [6, 6.07) is 7.96. The lowest BCUT2D eigenvalue weighted by molar-refractivity contribution is 0.253. The highest BCUT2D eigenvalue weighted by Crippen LogP contribution is 2.35. The summed E-state index contributed by atoms with van der Waals surface area (Å²) in [5.41, 5.74) is 2.18. The van der Waals surface area contributed by atoms with Crippen LogP contribution in [0.1, 0.15) is 33.1 Å². The minimum atomic E-state index is 0.398. The minimum Gasteiger partial charge on any atom is -0.366 e. The van der Waals surface area contributed by atoms with Gasteiger partial charge in [0.2, 0.25) is 0 Å². The first-order valence-corrected chi connectivity index (χ1v) is 9.14. The Morgan fingerprint density at radius 3 is 2.72 bits per heavy atom. The molecule has 2 aromatic heterocycles. The highest BCUT2D eigenvalue weighted by molar-refractivity contribution is 6.30. The lowest BCUT2D eigenvalue weighted by Gasteiger charge is -2.35. The maximum absolute atomic E-state index is 6.00. The van der Waals surface area contributed by atoms with E-state index in [1.54, 1.807) is 0 Å². The van der Waals surface area contributed by atoms with E-state index in [2.05, 4.69) is 34.3 Å². The number of hydrogen-bond acceptors (Lipinski definition) is 5. The van der Waals surface area contributed by atoms with E-state index in [-0.39, 0.29) is 0 Å². The molecule has 0 spiro atoms. The number of aromatic nitrogens is 3. The molecule has 1 N–H and O–H groups in total. The van der Waals surface area contributed by atoms with Crippen molar-refractivity contribution in [1.29, 1.82) is 0 Å². The van der Waals surface area contributed by atoms with Crippen LogP contribution in [0.2, 0.25) is 5.02 Å². The van der Waals surface area contributed by atoms with Gasteiger partial charge in [0.25, 0.3) is 5.71 Å². The summed E-state index contributed by atoms with van der Waals surface area (Å²) in [6.07, 6.45) is 5.21. The van der Waals surface area contributed by atoms with Crippen molar-refractivity contribution in [2.75, 3.05) is 5.32 Å². The Hall–Kier alpha value is -2.14. The fourth-order valence-electron chi connectivity index (χ4n) is 3.66. The zero-order valence-corrected chi connectivity index (χ0v) is 15.1. The lowest BCUT2D eigenvalue weighted by atomic mass is 9.78. The molecule has 3 aromatic rings. The van der Waals surface area contributed by atoms with Crippen LogP contribution in [0, 0.1) is 11.8 Å². The summed E-state index contributed by atoms with van der Waals surface area (Å²) in [4.78, 5) is 8.71. The molecule has 1 saturated carbocycles. The second-order valence-corrected chi connectivity index (χ2v) is 7.40. The third-order valence-corrected chi connectivity index (χ3v) is 5.67. The standard InChI is InChI=1S/C19H21ClN4O/c1-11-4-3-5-15(12(11)2)23-18-16-17(13-6-8-14(20)9-7-13)24-25-19(16)22-10-21-18/h6-12,15H,3-5H2,1-2H3,(H,21,22,23)/t11-,12+,15+/m1/s1. The largest absolute Gasteiger partial charge is 0.366 e. The smallest absolute Gasteiger partial charge is 0.263 e. The van der Waals surface area contributed by atoms with Gasteiger partial charge in [-0.2, -0.15) is 4.98 Å². The molecule has 4 rings (SSSR count). The normalized spacial score (nSPS) is 23.7. The molecule has 0 unspecified atom stereocenters. The van der Waals surface area contributed by atoms with Gasteiger partial charge in [-0.25, -0.2) is 4.98 Å². The van der Waals surface area contributed by atoms with Gasteiger partial charge in [0.05, 0.1) is 0 Å². The zero-order chi connectivity index (χ0) is 17.4. The topological polar surface area (TPSA) is 63.8 Å². The number of halogens is 1. The molecule has 0 amide bonds. The van der Waals surface area contributed by atoms with Crippen molar-refractivity contribution in [3.63, 3.8) is 0 Å². The van der Waals surface area contributed by atoms with Crippen molar-refractivity contribution < 1.29 is 4.52 Å². The predicted octanol–water partition coefficient (Wildman–Crippen LogP) is 5.17. The third-order valence-electron chi connectivity index (χ3n) is 5.42. The Labute approximate surface area is 151 Å². The van der Waals surface area contributed by atoms with Crippen LogP contribution in [-0.4, -0.2) is 21.2 Å². The minimum absolute atomic E-state index is 0.398. The Morgan fingerprint density at radius 1 is 1.12 bits per heavy atom. The van der Waals surface area contributed by atoms with E-state index in [1.165, 1.54) is 19.2 Å². The van der Waals surface area contributed by atoms with Gasteiger partial charge in [-0.1, -0.05) is 55.6 Å². The zero-order valence-electron chi connectivity index (χ0n) is 14.4. The van der Waals surface area contributed by atoms with Crippen LogP contribution in [0.25, 0.3) is 22.4 Å². The maximum atomic E-state index is 6.00. The van der Waals surface area contributed by atoms with Crippen molar-refractivity contribution in [2.24, 2.45) is 11.8 Å². The number of hydrogen-bond donors (Lipinski definition) is 1. The summed E-state index contributed by atoms with van der Waals surface area (Å²) in [5, 5.41) is 9.38. The van der Waals surface area contributed by atoms with E-state index in [4.69, 9.17) is 16.1 Å². The quantitative estimate of drug-likeness (QED) is 0.700. The Balaban J connectivity index is 1.74. The van der Waals surface area contributed by atoms with Crippen LogP contribution in [0.5, 0.6) is 0 Å². The van der Waals surface area contributed by atoms with Crippen LogP contribution >= 0.6 is 11.6 Å². The fraction of sp³-hybridized carbons (Fsp3) is 0.421. The fourth-order valence-corrected chi connectivity index (χ4v) is 3.79. The first-order chi connectivity index (χ1) is 12.1. The molecule has 2 heterocycles. The molecule has 5 nitrogen and oxygen atoms in total. The van der Waals surface area contributed by atoms with Crippen molar-refractivity contribution in [3.8, 4) is 11.3 Å². The van der Waals surface area contributed by atoms with Crippen molar-refractivity contribution in [3.05, 3.63) is 35.6 Å². The van der Waals surface area contributed by atoms with Gasteiger partial charge < -0.3 is 9.84 Å². The maximum Gasteiger partial charge on any atom is 0.263 e. The summed E-state index contributed by atoms with van der Waals surface area (Å²) in [7, 11) is 0. The average Bonchev–Trinajstić information content (AvgIpc) is 3.05. The molecular weight excluding hydrogens is 336 g/mol. The molecule has 1 aliphatic carbocycles. The lowest BCUT2D eigenvalue weighted by Crippen LogP contribution is -2.35. The summed E-state index contributed by atoms with van der Waals surface area (Å²) < 4.78 is 5.44. The molecule has 130 valence electrons. The SMILES string of the molecule is C[C@H]1[C@H](C)CCC[C@@H]1Nc1ncnc2onc(-c3ccc(Cl)cc3)c12. The molecule has 3 atom stereocenters. The van der Waals surface area contributed by atoms with E-state index >= 15 is 0 Å². The van der Waals surface area contributed by atoms with E-state index in [9.17, 15) is 0 Å². The molecule has 1 fully saturated rings. The van der Waals surface area contributed by atoms with Crippen LogP contribution < -0.4 is 5.32 Å². The molecule has 0 aliphatic heterocycles. The van der Waals surface area contributed by atoms with Crippen LogP contribution in [-0.2, 0) is 0 Å². The van der Waals surface area contributed by atoms with Crippen LogP contribution in [0.15, 0.2) is 35.1 Å². The number of anilines is 1. The molecule has 0 saturated heterocycles. The average molecular weight is 357 g/mol. The summed E-state index contributed by atoms with van der Waals surface area (Å²) in [6.45, 7) is 4.64. The third kappa shape index (κ3) is 3.09. The molecule has 0 bridgehead atoms. The molecular formula is C19H21ClN4O. The summed E-state index contributed by atoms with van der Waals surface area (Å²) >= 11 is 6.00. The molecule has 1 aromatic carbocycles. The number of fused-ring (bicyclic) bond motifs is 1. The highest BCUT2D eigenvalue weighted by Gasteiger charge is 2.28. The van der Waals surface area contributed by atoms with Crippen molar-refractivity contribution in [2.45, 2.75) is 39.2 Å². The predicted molar refractivity (Wildman–Crippen MR) is 99.6 cm³/mol. The number of nitrogens with zero attached hydrogens (tertiary/aromatic N) is 3. The number of nitrogens with one attached hydrogen (secondary N) is 1. The van der Waals surface area contributed by atoms with Gasteiger partial charge in [-0.3, -0.25) is 0 Å². The second-order valence-electron chi connectivity index (χ2n) is 6.96. The van der Waals surface area contributed by atoms with Gasteiger partial charge >= 0.3 is 0 Å². The first-order valence-electron chi connectivity index (χ1n) is 8.76.